The first-order chi connectivity index (χ1) is 14.3. The van der Waals surface area contributed by atoms with Crippen LogP contribution in [0.25, 0.3) is 0 Å². The van der Waals surface area contributed by atoms with Crippen LogP contribution in [0.3, 0.4) is 0 Å². The number of nitrogens with one attached hydrogen (secondary N) is 1. The van der Waals surface area contributed by atoms with Crippen molar-refractivity contribution < 1.29 is 18.7 Å². The predicted molar refractivity (Wildman–Crippen MR) is 119 cm³/mol. The fourth-order valence-electron chi connectivity index (χ4n) is 2.91. The number of benzene rings is 2. The normalized spacial score (nSPS) is 12.7. The number of halogens is 2. The van der Waals surface area contributed by atoms with Crippen LogP contribution in [0.15, 0.2) is 53.0 Å². The average molecular weight is 479 g/mol. The van der Waals surface area contributed by atoms with E-state index < -0.39 is 6.04 Å². The zero-order valence-corrected chi connectivity index (χ0v) is 19.1. The molecule has 0 spiro atoms. The maximum Gasteiger partial charge on any atom is 0.261 e. The zero-order chi connectivity index (χ0) is 22.1. The minimum atomic E-state index is -0.648. The second-order valence-electron chi connectivity index (χ2n) is 7.13. The van der Waals surface area contributed by atoms with Gasteiger partial charge in [0.2, 0.25) is 5.91 Å². The van der Waals surface area contributed by atoms with Gasteiger partial charge in [0.05, 0.1) is 0 Å². The Morgan fingerprint density at radius 3 is 2.27 bits per heavy atom. The van der Waals surface area contributed by atoms with Gasteiger partial charge in [0.15, 0.2) is 6.61 Å². The smallest absolute Gasteiger partial charge is 0.261 e. The average Bonchev–Trinajstić information content (AvgIpc) is 2.74. The summed E-state index contributed by atoms with van der Waals surface area (Å²) in [4.78, 5) is 27.4. The summed E-state index contributed by atoms with van der Waals surface area (Å²) < 4.78 is 19.8. The molecule has 0 bridgehead atoms. The fourth-order valence-corrected chi connectivity index (χ4v) is 3.17. The summed E-state index contributed by atoms with van der Waals surface area (Å²) in [7, 11) is 0. The molecule has 2 atom stereocenters. The van der Waals surface area contributed by atoms with Crippen LogP contribution in [-0.4, -0.2) is 35.4 Å². The molecule has 0 aromatic heterocycles. The highest BCUT2D eigenvalue weighted by Gasteiger charge is 2.29. The molecule has 2 aromatic rings. The molecule has 0 saturated heterocycles. The molecule has 2 rings (SSSR count). The maximum absolute atomic E-state index is 13.3. The third-order valence-electron chi connectivity index (χ3n) is 4.83. The monoisotopic (exact) mass is 478 g/mol. The van der Waals surface area contributed by atoms with E-state index in [2.05, 4.69) is 21.2 Å². The number of hydrogen-bond donors (Lipinski definition) is 1. The Morgan fingerprint density at radius 1 is 1.07 bits per heavy atom. The van der Waals surface area contributed by atoms with Crippen molar-refractivity contribution in [3.8, 4) is 5.75 Å². The lowest BCUT2D eigenvalue weighted by Crippen LogP contribution is -2.51. The molecular weight excluding hydrogens is 451 g/mol. The first kappa shape index (κ1) is 23.9. The van der Waals surface area contributed by atoms with Crippen LogP contribution >= 0.6 is 15.9 Å². The highest BCUT2D eigenvalue weighted by molar-refractivity contribution is 9.10. The molecule has 30 heavy (non-hydrogen) atoms. The molecule has 5 nitrogen and oxygen atoms in total. The summed E-state index contributed by atoms with van der Waals surface area (Å²) >= 11 is 3.36. The van der Waals surface area contributed by atoms with Gasteiger partial charge in [-0.15, -0.1) is 0 Å². The molecule has 0 saturated carbocycles. The van der Waals surface area contributed by atoms with Crippen LogP contribution in [0, 0.1) is 5.82 Å². The number of amides is 2. The lowest BCUT2D eigenvalue weighted by atomic mass is 10.1. The summed E-state index contributed by atoms with van der Waals surface area (Å²) in [6.45, 7) is 5.76. The van der Waals surface area contributed by atoms with Crippen molar-refractivity contribution in [1.82, 2.24) is 10.2 Å². The predicted octanol–water partition coefficient (Wildman–Crippen LogP) is 4.69. The summed E-state index contributed by atoms with van der Waals surface area (Å²) in [5.74, 6) is -0.304. The Balaban J connectivity index is 2.19. The van der Waals surface area contributed by atoms with Crippen molar-refractivity contribution in [3.05, 3.63) is 64.4 Å². The fraction of sp³-hybridized carbons (Fsp3) is 0.391. The van der Waals surface area contributed by atoms with Gasteiger partial charge in [-0.05, 0) is 61.7 Å². The Kier molecular flexibility index (Phi) is 9.30. The van der Waals surface area contributed by atoms with Crippen LogP contribution in [0.2, 0.25) is 0 Å². The van der Waals surface area contributed by atoms with E-state index in [0.29, 0.717) is 12.2 Å². The molecule has 2 unspecified atom stereocenters. The quantitative estimate of drug-likeness (QED) is 0.538. The van der Waals surface area contributed by atoms with E-state index in [-0.39, 0.29) is 36.8 Å². The Labute approximate surface area is 185 Å². The van der Waals surface area contributed by atoms with Crippen molar-refractivity contribution in [2.45, 2.75) is 52.2 Å². The summed E-state index contributed by atoms with van der Waals surface area (Å²) in [5.41, 5.74) is 0.739. The van der Waals surface area contributed by atoms with E-state index in [9.17, 15) is 14.0 Å². The number of carbonyl (C=O) groups excluding carboxylic acids is 2. The van der Waals surface area contributed by atoms with Gasteiger partial charge < -0.3 is 15.0 Å². The Morgan fingerprint density at radius 2 is 1.70 bits per heavy atom. The molecule has 0 aliphatic carbocycles. The van der Waals surface area contributed by atoms with Crippen molar-refractivity contribution in [2.75, 3.05) is 6.61 Å². The van der Waals surface area contributed by atoms with Crippen LogP contribution < -0.4 is 10.1 Å². The highest BCUT2D eigenvalue weighted by atomic mass is 79.9. The molecule has 0 aliphatic rings. The lowest BCUT2D eigenvalue weighted by molar-refractivity contribution is -0.143. The highest BCUT2D eigenvalue weighted by Crippen LogP contribution is 2.18. The van der Waals surface area contributed by atoms with E-state index in [1.807, 2.05) is 32.9 Å². The molecule has 2 amide bonds. The number of rotatable bonds is 10. The second kappa shape index (κ2) is 11.7. The number of nitrogens with zero attached hydrogens (tertiary/aromatic N) is 1. The first-order valence-corrected chi connectivity index (χ1v) is 10.9. The zero-order valence-electron chi connectivity index (χ0n) is 17.5. The van der Waals surface area contributed by atoms with E-state index in [0.717, 1.165) is 16.5 Å². The van der Waals surface area contributed by atoms with E-state index >= 15 is 0 Å². The van der Waals surface area contributed by atoms with Gasteiger partial charge in [-0.2, -0.15) is 0 Å². The maximum atomic E-state index is 13.3. The molecule has 1 N–H and O–H groups in total. The minimum Gasteiger partial charge on any atom is -0.484 e. The number of hydrogen-bond acceptors (Lipinski definition) is 3. The van der Waals surface area contributed by atoms with Crippen LogP contribution in [-0.2, 0) is 16.1 Å². The third-order valence-corrected chi connectivity index (χ3v) is 5.36. The van der Waals surface area contributed by atoms with Crippen molar-refractivity contribution in [3.63, 3.8) is 0 Å². The van der Waals surface area contributed by atoms with E-state index in [4.69, 9.17) is 4.74 Å². The molecule has 0 fully saturated rings. The summed E-state index contributed by atoms with van der Waals surface area (Å²) in [5, 5.41) is 2.95. The third kappa shape index (κ3) is 7.13. The molecule has 7 heteroatoms. The largest absolute Gasteiger partial charge is 0.484 e. The van der Waals surface area contributed by atoms with Gasteiger partial charge in [-0.3, -0.25) is 9.59 Å². The SMILES string of the molecule is CCC(C)NC(=O)C(CC)N(Cc1ccc(F)cc1)C(=O)COc1ccc(Br)cc1. The molecule has 162 valence electrons. The van der Waals surface area contributed by atoms with E-state index in [1.165, 1.54) is 17.0 Å². The first-order valence-electron chi connectivity index (χ1n) is 10.1. The van der Waals surface area contributed by atoms with Crippen molar-refractivity contribution in [2.24, 2.45) is 0 Å². The Bertz CT molecular complexity index is 827. The van der Waals surface area contributed by atoms with Gasteiger partial charge >= 0.3 is 0 Å². The van der Waals surface area contributed by atoms with Crippen LogP contribution in [0.1, 0.15) is 39.2 Å². The lowest BCUT2D eigenvalue weighted by Gasteiger charge is -2.31. The van der Waals surface area contributed by atoms with Gasteiger partial charge in [0.25, 0.3) is 5.91 Å². The van der Waals surface area contributed by atoms with Gasteiger partial charge in [0.1, 0.15) is 17.6 Å². The molecule has 2 aromatic carbocycles. The Hall–Kier alpha value is -2.41. The molecular formula is C23H28BrFN2O3. The number of carbonyl (C=O) groups is 2. The molecule has 0 radical (unpaired) electrons. The standard InChI is InChI=1S/C23H28BrFN2O3/c1-4-16(3)26-23(29)21(5-2)27(14-17-6-10-19(25)11-7-17)22(28)15-30-20-12-8-18(24)9-13-20/h6-13,16,21H,4-5,14-15H2,1-3H3,(H,26,29). The summed E-state index contributed by atoms with van der Waals surface area (Å²) in [6, 6.07) is 12.4. The van der Waals surface area contributed by atoms with Gasteiger partial charge in [-0.25, -0.2) is 4.39 Å². The van der Waals surface area contributed by atoms with Gasteiger partial charge in [-0.1, -0.05) is 41.9 Å². The van der Waals surface area contributed by atoms with E-state index in [1.54, 1.807) is 24.3 Å². The van der Waals surface area contributed by atoms with Crippen molar-refractivity contribution >= 4 is 27.7 Å². The second-order valence-corrected chi connectivity index (χ2v) is 8.05. The van der Waals surface area contributed by atoms with Crippen LogP contribution in [0.5, 0.6) is 5.75 Å². The van der Waals surface area contributed by atoms with Crippen molar-refractivity contribution in [1.29, 1.82) is 0 Å². The topological polar surface area (TPSA) is 58.6 Å². The van der Waals surface area contributed by atoms with Gasteiger partial charge in [0, 0.05) is 17.1 Å². The molecule has 0 heterocycles. The van der Waals surface area contributed by atoms with Crippen LogP contribution in [0.4, 0.5) is 4.39 Å². The summed E-state index contributed by atoms with van der Waals surface area (Å²) in [6.07, 6.45) is 1.24. The molecule has 0 aliphatic heterocycles. The minimum absolute atomic E-state index is 0.00772. The number of ether oxygens (including phenoxy) is 1.